The molecule has 0 fully saturated rings. The Labute approximate surface area is 107 Å². The molecule has 0 bridgehead atoms. The number of nitrogens with zero attached hydrogens (tertiary/aromatic N) is 3. The molecule has 0 unspecified atom stereocenters. The van der Waals surface area contributed by atoms with E-state index in [9.17, 15) is 0 Å². The van der Waals surface area contributed by atoms with Crippen LogP contribution in [-0.2, 0) is 0 Å². The number of ether oxygens (including phenoxy) is 1. The summed E-state index contributed by atoms with van der Waals surface area (Å²) in [5.41, 5.74) is 1.73. The van der Waals surface area contributed by atoms with Crippen LogP contribution in [0.2, 0.25) is 0 Å². The van der Waals surface area contributed by atoms with E-state index in [1.54, 1.807) is 12.4 Å². The summed E-state index contributed by atoms with van der Waals surface area (Å²) in [6.45, 7) is 7.08. The molecule has 0 aliphatic carbocycles. The van der Waals surface area contributed by atoms with Gasteiger partial charge in [-0.25, -0.2) is 9.97 Å². The van der Waals surface area contributed by atoms with Crippen LogP contribution in [0, 0.1) is 5.41 Å². The van der Waals surface area contributed by atoms with E-state index in [1.165, 1.54) is 6.33 Å². The summed E-state index contributed by atoms with van der Waals surface area (Å²) in [5.74, 6) is 0.813. The van der Waals surface area contributed by atoms with Gasteiger partial charge in [0.05, 0.1) is 18.0 Å². The van der Waals surface area contributed by atoms with E-state index in [-0.39, 0.29) is 5.41 Å². The Hall–Kier alpha value is -1.97. The highest BCUT2D eigenvalue weighted by Crippen LogP contribution is 2.21. The van der Waals surface area contributed by atoms with E-state index in [0.717, 1.165) is 17.1 Å². The molecule has 94 valence electrons. The molecule has 4 heteroatoms. The van der Waals surface area contributed by atoms with E-state index >= 15 is 0 Å². The summed E-state index contributed by atoms with van der Waals surface area (Å²) in [7, 11) is 0. The minimum absolute atomic E-state index is 0.137. The lowest BCUT2D eigenvalue weighted by Crippen LogP contribution is -2.16. The molecule has 2 rings (SSSR count). The van der Waals surface area contributed by atoms with Gasteiger partial charge in [-0.3, -0.25) is 4.98 Å². The van der Waals surface area contributed by atoms with Crippen LogP contribution in [0.1, 0.15) is 20.8 Å². The molecular weight excluding hydrogens is 226 g/mol. The van der Waals surface area contributed by atoms with Gasteiger partial charge in [0.15, 0.2) is 0 Å². The molecule has 18 heavy (non-hydrogen) atoms. The first-order chi connectivity index (χ1) is 8.54. The molecule has 0 amide bonds. The Morgan fingerprint density at radius 3 is 2.56 bits per heavy atom. The van der Waals surface area contributed by atoms with Crippen molar-refractivity contribution in [1.29, 1.82) is 0 Å². The van der Waals surface area contributed by atoms with Crippen molar-refractivity contribution in [2.24, 2.45) is 5.41 Å². The monoisotopic (exact) mass is 243 g/mol. The molecule has 0 radical (unpaired) electrons. The zero-order valence-corrected chi connectivity index (χ0v) is 10.9. The van der Waals surface area contributed by atoms with Crippen LogP contribution >= 0.6 is 0 Å². The van der Waals surface area contributed by atoms with Gasteiger partial charge in [0.1, 0.15) is 12.1 Å². The fourth-order valence-electron chi connectivity index (χ4n) is 1.38. The van der Waals surface area contributed by atoms with Gasteiger partial charge in [0.2, 0.25) is 0 Å². The lowest BCUT2D eigenvalue weighted by molar-refractivity contribution is 0.198. The SMILES string of the molecule is CC(C)(C)COc1ccnc(-c2ccncn2)c1. The van der Waals surface area contributed by atoms with Crippen LogP contribution in [0.3, 0.4) is 0 Å². The van der Waals surface area contributed by atoms with E-state index in [4.69, 9.17) is 4.74 Å². The summed E-state index contributed by atoms with van der Waals surface area (Å²) < 4.78 is 5.75. The van der Waals surface area contributed by atoms with Crippen molar-refractivity contribution in [3.63, 3.8) is 0 Å². The first kappa shape index (κ1) is 12.5. The molecule has 0 saturated carbocycles. The number of pyridine rings is 1. The van der Waals surface area contributed by atoms with Crippen molar-refractivity contribution in [1.82, 2.24) is 15.0 Å². The molecule has 2 aromatic heterocycles. The third-order valence-electron chi connectivity index (χ3n) is 2.25. The number of aromatic nitrogens is 3. The molecule has 0 aliphatic heterocycles. The van der Waals surface area contributed by atoms with Gasteiger partial charge in [0.25, 0.3) is 0 Å². The Balaban J connectivity index is 2.16. The average molecular weight is 243 g/mol. The smallest absolute Gasteiger partial charge is 0.123 e. The molecular formula is C14H17N3O. The maximum atomic E-state index is 5.75. The predicted octanol–water partition coefficient (Wildman–Crippen LogP) is 2.96. The molecule has 2 heterocycles. The topological polar surface area (TPSA) is 47.9 Å². The highest BCUT2D eigenvalue weighted by molar-refractivity contribution is 5.55. The van der Waals surface area contributed by atoms with Crippen LogP contribution in [0.15, 0.2) is 36.9 Å². The van der Waals surface area contributed by atoms with Crippen molar-refractivity contribution in [2.45, 2.75) is 20.8 Å². The zero-order valence-electron chi connectivity index (χ0n) is 10.9. The quantitative estimate of drug-likeness (QED) is 0.831. The maximum absolute atomic E-state index is 5.75. The molecule has 0 saturated heterocycles. The van der Waals surface area contributed by atoms with Gasteiger partial charge in [0, 0.05) is 18.5 Å². The fourth-order valence-corrected chi connectivity index (χ4v) is 1.38. The Kier molecular flexibility index (Phi) is 3.55. The van der Waals surface area contributed by atoms with Crippen LogP contribution < -0.4 is 4.74 Å². The molecule has 2 aromatic rings. The van der Waals surface area contributed by atoms with Crippen LogP contribution in [-0.4, -0.2) is 21.6 Å². The van der Waals surface area contributed by atoms with E-state index in [2.05, 4.69) is 35.7 Å². The van der Waals surface area contributed by atoms with E-state index in [1.807, 2.05) is 18.2 Å². The van der Waals surface area contributed by atoms with Gasteiger partial charge in [-0.15, -0.1) is 0 Å². The summed E-state index contributed by atoms with van der Waals surface area (Å²) in [4.78, 5) is 12.3. The predicted molar refractivity (Wildman–Crippen MR) is 70.2 cm³/mol. The van der Waals surface area contributed by atoms with Gasteiger partial charge in [-0.1, -0.05) is 20.8 Å². The number of hydrogen-bond donors (Lipinski definition) is 0. The van der Waals surface area contributed by atoms with E-state index in [0.29, 0.717) is 6.61 Å². The van der Waals surface area contributed by atoms with Crippen molar-refractivity contribution < 1.29 is 4.74 Å². The maximum Gasteiger partial charge on any atom is 0.123 e. The molecule has 0 N–H and O–H groups in total. The first-order valence-electron chi connectivity index (χ1n) is 5.90. The largest absolute Gasteiger partial charge is 0.493 e. The summed E-state index contributed by atoms with van der Waals surface area (Å²) in [6, 6.07) is 5.58. The van der Waals surface area contributed by atoms with Crippen LogP contribution in [0.25, 0.3) is 11.4 Å². The Bertz CT molecular complexity index is 506. The van der Waals surface area contributed by atoms with Crippen molar-refractivity contribution >= 4 is 0 Å². The van der Waals surface area contributed by atoms with Gasteiger partial charge >= 0.3 is 0 Å². The molecule has 4 nitrogen and oxygen atoms in total. The second kappa shape index (κ2) is 5.12. The van der Waals surface area contributed by atoms with E-state index < -0.39 is 0 Å². The molecule has 0 spiro atoms. The summed E-state index contributed by atoms with van der Waals surface area (Å²) in [5, 5.41) is 0. The zero-order chi connectivity index (χ0) is 13.0. The summed E-state index contributed by atoms with van der Waals surface area (Å²) in [6.07, 6.45) is 4.95. The Morgan fingerprint density at radius 2 is 1.89 bits per heavy atom. The third-order valence-corrected chi connectivity index (χ3v) is 2.25. The van der Waals surface area contributed by atoms with Crippen molar-refractivity contribution in [2.75, 3.05) is 6.61 Å². The number of hydrogen-bond acceptors (Lipinski definition) is 4. The molecule has 0 aromatic carbocycles. The highest BCUT2D eigenvalue weighted by Gasteiger charge is 2.11. The number of rotatable bonds is 3. The second-order valence-corrected chi connectivity index (χ2v) is 5.32. The molecule has 0 atom stereocenters. The van der Waals surface area contributed by atoms with Crippen LogP contribution in [0.4, 0.5) is 0 Å². The highest BCUT2D eigenvalue weighted by atomic mass is 16.5. The second-order valence-electron chi connectivity index (χ2n) is 5.32. The fraction of sp³-hybridized carbons (Fsp3) is 0.357. The third kappa shape index (κ3) is 3.52. The van der Waals surface area contributed by atoms with Gasteiger partial charge in [-0.2, -0.15) is 0 Å². The normalized spacial score (nSPS) is 11.3. The Morgan fingerprint density at radius 1 is 1.06 bits per heavy atom. The van der Waals surface area contributed by atoms with Crippen molar-refractivity contribution in [3.05, 3.63) is 36.9 Å². The van der Waals surface area contributed by atoms with Gasteiger partial charge < -0.3 is 4.74 Å². The first-order valence-corrected chi connectivity index (χ1v) is 5.90. The molecule has 0 aliphatic rings. The lowest BCUT2D eigenvalue weighted by atomic mass is 9.99. The summed E-state index contributed by atoms with van der Waals surface area (Å²) >= 11 is 0. The van der Waals surface area contributed by atoms with Crippen LogP contribution in [0.5, 0.6) is 5.75 Å². The lowest BCUT2D eigenvalue weighted by Gasteiger charge is -2.18. The average Bonchev–Trinajstić information content (AvgIpc) is 2.37. The standard InChI is InChI=1S/C14H17N3O/c1-14(2,3)9-18-11-4-7-16-13(8-11)12-5-6-15-10-17-12/h4-8,10H,9H2,1-3H3. The van der Waals surface area contributed by atoms with Gasteiger partial charge in [-0.05, 0) is 17.5 Å². The minimum Gasteiger partial charge on any atom is -0.493 e. The van der Waals surface area contributed by atoms with Crippen molar-refractivity contribution in [3.8, 4) is 17.1 Å². The minimum atomic E-state index is 0.137.